The summed E-state index contributed by atoms with van der Waals surface area (Å²) in [6.07, 6.45) is 1.61. The Bertz CT molecular complexity index is 1800. The maximum atomic E-state index is 13.4. The molecule has 0 atom stereocenters. The van der Waals surface area contributed by atoms with E-state index >= 15 is 0 Å². The fraction of sp³-hybridized carbons (Fsp3) is 0.0541. The zero-order chi connectivity index (χ0) is 32.1. The highest BCUT2D eigenvalue weighted by Gasteiger charge is 2.15. The number of anilines is 2. The summed E-state index contributed by atoms with van der Waals surface area (Å²) in [4.78, 5) is 39.6. The van der Waals surface area contributed by atoms with Gasteiger partial charge in [-0.05, 0) is 90.0 Å². The molecule has 230 valence electrons. The molecular weight excluding hydrogens is 618 g/mol. The Morgan fingerprint density at radius 1 is 0.696 bits per heavy atom. The average molecular weight is 648 g/mol. The summed E-state index contributed by atoms with van der Waals surface area (Å²) in [6.45, 7) is 0.435. The van der Waals surface area contributed by atoms with Gasteiger partial charge in [0.05, 0.1) is 5.75 Å². The molecule has 46 heavy (non-hydrogen) atoms. The van der Waals surface area contributed by atoms with Crippen molar-refractivity contribution in [3.8, 4) is 5.75 Å². The fourth-order valence-corrected chi connectivity index (χ4v) is 5.05. The Morgan fingerprint density at radius 2 is 1.30 bits per heavy atom. The Hall–Kier alpha value is -5.31. The summed E-state index contributed by atoms with van der Waals surface area (Å²) in [5, 5.41) is 9.03. The molecule has 0 saturated carbocycles. The van der Waals surface area contributed by atoms with E-state index in [0.717, 1.165) is 10.5 Å². The van der Waals surface area contributed by atoms with Crippen LogP contribution < -0.4 is 20.7 Å². The van der Waals surface area contributed by atoms with Crippen molar-refractivity contribution in [2.24, 2.45) is 0 Å². The van der Waals surface area contributed by atoms with Gasteiger partial charge in [-0.1, -0.05) is 72.3 Å². The first kappa shape index (κ1) is 32.1. The van der Waals surface area contributed by atoms with Gasteiger partial charge in [-0.25, -0.2) is 0 Å². The molecule has 5 aromatic carbocycles. The van der Waals surface area contributed by atoms with Crippen LogP contribution in [-0.2, 0) is 16.2 Å². The molecule has 7 nitrogen and oxygen atoms in total. The minimum atomic E-state index is -0.489. The quantitative estimate of drug-likeness (QED) is 0.0940. The molecule has 0 saturated heterocycles. The highest BCUT2D eigenvalue weighted by atomic mass is 35.5. The molecule has 0 bridgehead atoms. The highest BCUT2D eigenvalue weighted by Crippen LogP contribution is 2.22. The van der Waals surface area contributed by atoms with Gasteiger partial charge in [-0.3, -0.25) is 14.4 Å². The fourth-order valence-electron chi connectivity index (χ4n) is 4.22. The number of hydrogen-bond acceptors (Lipinski definition) is 5. The number of amides is 3. The van der Waals surface area contributed by atoms with E-state index in [4.69, 9.17) is 16.3 Å². The van der Waals surface area contributed by atoms with Gasteiger partial charge >= 0.3 is 0 Å². The predicted molar refractivity (Wildman–Crippen MR) is 185 cm³/mol. The van der Waals surface area contributed by atoms with Crippen molar-refractivity contribution < 1.29 is 19.1 Å². The molecule has 3 amide bonds. The molecule has 0 radical (unpaired) electrons. The van der Waals surface area contributed by atoms with Crippen LogP contribution in [0, 0.1) is 0 Å². The number of nitrogens with one attached hydrogen (secondary N) is 3. The van der Waals surface area contributed by atoms with E-state index in [2.05, 4.69) is 16.0 Å². The van der Waals surface area contributed by atoms with Crippen LogP contribution in [0.25, 0.3) is 6.08 Å². The van der Waals surface area contributed by atoms with Crippen molar-refractivity contribution in [3.05, 3.63) is 161 Å². The summed E-state index contributed by atoms with van der Waals surface area (Å²) >= 11 is 7.26. The van der Waals surface area contributed by atoms with Crippen molar-refractivity contribution in [3.63, 3.8) is 0 Å². The Kier molecular flexibility index (Phi) is 11.3. The number of rotatable bonds is 12. The van der Waals surface area contributed by atoms with Crippen molar-refractivity contribution in [2.45, 2.75) is 11.5 Å². The van der Waals surface area contributed by atoms with Crippen LogP contribution in [0.15, 0.2) is 144 Å². The molecule has 9 heteroatoms. The van der Waals surface area contributed by atoms with E-state index < -0.39 is 11.8 Å². The lowest BCUT2D eigenvalue weighted by molar-refractivity contribution is -0.114. The summed E-state index contributed by atoms with van der Waals surface area (Å²) in [5.74, 6) is -0.155. The first-order valence-corrected chi connectivity index (χ1v) is 15.7. The lowest BCUT2D eigenvalue weighted by Gasteiger charge is -2.12. The number of carbonyl (C=O) groups excluding carboxylic acids is 3. The van der Waals surface area contributed by atoms with Crippen molar-refractivity contribution in [1.82, 2.24) is 5.32 Å². The number of hydrogen-bond donors (Lipinski definition) is 3. The van der Waals surface area contributed by atoms with Gasteiger partial charge in [0, 0.05) is 26.9 Å². The number of halogens is 1. The van der Waals surface area contributed by atoms with E-state index in [9.17, 15) is 14.4 Å². The number of benzene rings is 5. The van der Waals surface area contributed by atoms with E-state index in [0.29, 0.717) is 39.9 Å². The first-order chi connectivity index (χ1) is 22.4. The van der Waals surface area contributed by atoms with Crippen LogP contribution in [0.5, 0.6) is 5.75 Å². The van der Waals surface area contributed by atoms with Gasteiger partial charge in [0.15, 0.2) is 0 Å². The molecule has 0 aliphatic rings. The summed E-state index contributed by atoms with van der Waals surface area (Å²) in [6, 6.07) is 39.8. The van der Waals surface area contributed by atoms with Gasteiger partial charge in [-0.2, -0.15) is 0 Å². The Balaban J connectivity index is 1.23. The zero-order valence-electron chi connectivity index (χ0n) is 24.6. The summed E-state index contributed by atoms with van der Waals surface area (Å²) < 4.78 is 5.87. The third-order valence-corrected chi connectivity index (χ3v) is 7.84. The van der Waals surface area contributed by atoms with Gasteiger partial charge in [0.1, 0.15) is 18.1 Å². The third-order valence-electron chi connectivity index (χ3n) is 6.58. The van der Waals surface area contributed by atoms with Crippen molar-refractivity contribution >= 4 is 58.5 Å². The monoisotopic (exact) mass is 647 g/mol. The largest absolute Gasteiger partial charge is 0.489 e. The van der Waals surface area contributed by atoms with E-state index in [1.807, 2.05) is 72.8 Å². The standard InChI is InChI=1S/C37H30ClN3O4S/c38-29-13-15-30(16-14-29)39-35(42)25-46-33-21-17-31(18-22-33)40-37(44)34(41-36(43)28-9-5-2-6-10-28)23-26-11-19-32(20-12-26)45-24-27-7-3-1-4-8-27/h1-23H,24-25H2,(H,39,42)(H,40,44)(H,41,43)/b34-23-. The first-order valence-electron chi connectivity index (χ1n) is 14.4. The molecule has 0 spiro atoms. The normalized spacial score (nSPS) is 10.9. The van der Waals surface area contributed by atoms with Crippen molar-refractivity contribution in [1.29, 1.82) is 0 Å². The molecule has 0 aromatic heterocycles. The smallest absolute Gasteiger partial charge is 0.272 e. The molecule has 3 N–H and O–H groups in total. The second-order valence-corrected chi connectivity index (χ2v) is 11.5. The molecule has 5 aromatic rings. The topological polar surface area (TPSA) is 96.5 Å². The maximum Gasteiger partial charge on any atom is 0.272 e. The van der Waals surface area contributed by atoms with Crippen LogP contribution >= 0.6 is 23.4 Å². The molecular formula is C37H30ClN3O4S. The lowest BCUT2D eigenvalue weighted by Crippen LogP contribution is -2.30. The lowest BCUT2D eigenvalue weighted by atomic mass is 10.1. The van der Waals surface area contributed by atoms with Crippen LogP contribution in [-0.4, -0.2) is 23.5 Å². The zero-order valence-corrected chi connectivity index (χ0v) is 26.2. The second kappa shape index (κ2) is 16.1. The summed E-state index contributed by atoms with van der Waals surface area (Å²) in [5.41, 5.74) is 3.46. The van der Waals surface area contributed by atoms with Gasteiger partial charge in [0.25, 0.3) is 11.8 Å². The van der Waals surface area contributed by atoms with Crippen molar-refractivity contribution in [2.75, 3.05) is 16.4 Å². The predicted octanol–water partition coefficient (Wildman–Crippen LogP) is 8.06. The molecule has 0 aliphatic heterocycles. The second-order valence-electron chi connectivity index (χ2n) is 10.0. The number of carbonyl (C=O) groups is 3. The SMILES string of the molecule is O=C(CSc1ccc(NC(=O)/C(=C/c2ccc(OCc3ccccc3)cc2)NC(=O)c2ccccc2)cc1)Nc1ccc(Cl)cc1. The molecule has 0 aliphatic carbocycles. The minimum absolute atomic E-state index is 0.0733. The molecule has 0 fully saturated rings. The van der Waals surface area contributed by atoms with Crippen LogP contribution in [0.4, 0.5) is 11.4 Å². The van der Waals surface area contributed by atoms with E-state index in [1.165, 1.54) is 11.8 Å². The molecule has 0 heterocycles. The third kappa shape index (κ3) is 9.85. The van der Waals surface area contributed by atoms with Crippen LogP contribution in [0.2, 0.25) is 5.02 Å². The highest BCUT2D eigenvalue weighted by molar-refractivity contribution is 8.00. The number of thioether (sulfide) groups is 1. The van der Waals surface area contributed by atoms with Gasteiger partial charge in [-0.15, -0.1) is 11.8 Å². The van der Waals surface area contributed by atoms with Gasteiger partial charge in [0.2, 0.25) is 5.91 Å². The van der Waals surface area contributed by atoms with E-state index in [1.54, 1.807) is 66.7 Å². The maximum absolute atomic E-state index is 13.4. The Labute approximate surface area is 276 Å². The summed E-state index contributed by atoms with van der Waals surface area (Å²) in [7, 11) is 0. The molecule has 5 rings (SSSR count). The number of ether oxygens (including phenoxy) is 1. The van der Waals surface area contributed by atoms with E-state index in [-0.39, 0.29) is 17.4 Å². The minimum Gasteiger partial charge on any atom is -0.489 e. The average Bonchev–Trinajstić information content (AvgIpc) is 3.09. The van der Waals surface area contributed by atoms with Gasteiger partial charge < -0.3 is 20.7 Å². The van der Waals surface area contributed by atoms with Crippen LogP contribution in [0.1, 0.15) is 21.5 Å². The van der Waals surface area contributed by atoms with Crippen LogP contribution in [0.3, 0.4) is 0 Å². The Morgan fingerprint density at radius 3 is 1.98 bits per heavy atom. The molecule has 0 unspecified atom stereocenters.